The van der Waals surface area contributed by atoms with Crippen molar-refractivity contribution in [2.45, 2.75) is 30.7 Å². The van der Waals surface area contributed by atoms with E-state index in [1.165, 1.54) is 7.11 Å². The van der Waals surface area contributed by atoms with Crippen LogP contribution >= 0.6 is 0 Å². The highest BCUT2D eigenvalue weighted by molar-refractivity contribution is 5.82. The van der Waals surface area contributed by atoms with E-state index in [0.29, 0.717) is 5.69 Å². The first-order valence-corrected chi connectivity index (χ1v) is 6.38. The van der Waals surface area contributed by atoms with Crippen molar-refractivity contribution in [1.82, 2.24) is 5.43 Å². The molecule has 0 radical (unpaired) electrons. The second-order valence-electron chi connectivity index (χ2n) is 4.61. The van der Waals surface area contributed by atoms with Gasteiger partial charge in [0.05, 0.1) is 5.69 Å². The first-order chi connectivity index (χ1) is 10.0. The number of rotatable bonds is 5. The van der Waals surface area contributed by atoms with E-state index in [1.807, 2.05) is 6.07 Å². The van der Waals surface area contributed by atoms with Crippen molar-refractivity contribution in [3.63, 3.8) is 0 Å². The Morgan fingerprint density at radius 1 is 1.29 bits per heavy atom. The van der Waals surface area contributed by atoms with Crippen LogP contribution in [-0.2, 0) is 14.3 Å². The normalized spacial score (nSPS) is 29.9. The molecule has 1 saturated heterocycles. The summed E-state index contributed by atoms with van der Waals surface area (Å²) < 4.78 is 9.90. The summed E-state index contributed by atoms with van der Waals surface area (Å²) in [7, 11) is 1.28. The zero-order chi connectivity index (χ0) is 15.4. The van der Waals surface area contributed by atoms with E-state index in [9.17, 15) is 20.1 Å². The van der Waals surface area contributed by atoms with Crippen LogP contribution in [0.15, 0.2) is 30.3 Å². The Labute approximate surface area is 121 Å². The fraction of sp³-hybridized carbons (Fsp3) is 0.462. The summed E-state index contributed by atoms with van der Waals surface area (Å²) in [6.07, 6.45) is -6.78. The van der Waals surface area contributed by atoms with Gasteiger partial charge in [0.25, 0.3) is 5.91 Å². The SMILES string of the molecule is CO[C@@H]1O[C@H]([C@H](O)C(=O)NNc2ccccc2)[C@H](O)[C@H]1O. The lowest BCUT2D eigenvalue weighted by Gasteiger charge is -2.20. The van der Waals surface area contributed by atoms with Crippen LogP contribution in [0.2, 0.25) is 0 Å². The fourth-order valence-corrected chi connectivity index (χ4v) is 2.01. The van der Waals surface area contributed by atoms with Gasteiger partial charge >= 0.3 is 0 Å². The number of aliphatic hydroxyl groups excluding tert-OH is 3. The maximum Gasteiger partial charge on any atom is 0.269 e. The number of hydrazine groups is 1. The molecule has 1 aromatic rings. The molecular weight excluding hydrogens is 280 g/mol. The van der Waals surface area contributed by atoms with Gasteiger partial charge in [0.1, 0.15) is 18.3 Å². The molecule has 1 aromatic carbocycles. The van der Waals surface area contributed by atoms with Crippen molar-refractivity contribution >= 4 is 11.6 Å². The van der Waals surface area contributed by atoms with Gasteiger partial charge in [0.15, 0.2) is 12.4 Å². The molecule has 5 N–H and O–H groups in total. The predicted molar refractivity (Wildman–Crippen MR) is 71.9 cm³/mol. The molecule has 2 rings (SSSR count). The lowest BCUT2D eigenvalue weighted by atomic mass is 10.1. The summed E-state index contributed by atoms with van der Waals surface area (Å²) in [5.74, 6) is -0.799. The molecule has 116 valence electrons. The van der Waals surface area contributed by atoms with Crippen molar-refractivity contribution in [2.75, 3.05) is 12.5 Å². The molecule has 1 aliphatic heterocycles. The highest BCUT2D eigenvalue weighted by Crippen LogP contribution is 2.24. The third-order valence-corrected chi connectivity index (χ3v) is 3.17. The lowest BCUT2D eigenvalue weighted by Crippen LogP contribution is -2.48. The van der Waals surface area contributed by atoms with E-state index in [1.54, 1.807) is 24.3 Å². The molecule has 0 unspecified atom stereocenters. The molecule has 1 aliphatic rings. The van der Waals surface area contributed by atoms with E-state index < -0.39 is 36.6 Å². The molecule has 1 heterocycles. The summed E-state index contributed by atoms with van der Waals surface area (Å²) in [4.78, 5) is 11.8. The maximum atomic E-state index is 11.8. The average Bonchev–Trinajstić information content (AvgIpc) is 2.80. The van der Waals surface area contributed by atoms with Crippen LogP contribution < -0.4 is 10.9 Å². The molecule has 1 amide bonds. The van der Waals surface area contributed by atoms with E-state index >= 15 is 0 Å². The summed E-state index contributed by atoms with van der Waals surface area (Å²) in [5, 5.41) is 29.2. The van der Waals surface area contributed by atoms with Crippen LogP contribution in [0.5, 0.6) is 0 Å². The second-order valence-corrected chi connectivity index (χ2v) is 4.61. The third-order valence-electron chi connectivity index (χ3n) is 3.17. The number of carbonyl (C=O) groups is 1. The van der Waals surface area contributed by atoms with Crippen LogP contribution in [0.25, 0.3) is 0 Å². The van der Waals surface area contributed by atoms with Crippen LogP contribution in [0.4, 0.5) is 5.69 Å². The Morgan fingerprint density at radius 3 is 2.52 bits per heavy atom. The number of carbonyl (C=O) groups excluding carboxylic acids is 1. The highest BCUT2D eigenvalue weighted by atomic mass is 16.7. The van der Waals surface area contributed by atoms with E-state index in [2.05, 4.69) is 10.9 Å². The van der Waals surface area contributed by atoms with Gasteiger partial charge in [-0.1, -0.05) is 18.2 Å². The molecule has 0 aromatic heterocycles. The van der Waals surface area contributed by atoms with Gasteiger partial charge in [-0.2, -0.15) is 0 Å². The van der Waals surface area contributed by atoms with Gasteiger partial charge in [0.2, 0.25) is 0 Å². The zero-order valence-electron chi connectivity index (χ0n) is 11.3. The quantitative estimate of drug-likeness (QED) is 0.423. The van der Waals surface area contributed by atoms with Gasteiger partial charge < -0.3 is 24.8 Å². The number of methoxy groups -OCH3 is 1. The smallest absolute Gasteiger partial charge is 0.269 e. The number of aliphatic hydroxyl groups is 3. The molecule has 0 spiro atoms. The standard InChI is InChI=1S/C13H18N2O6/c1-20-13-9(17)8(16)11(21-13)10(18)12(19)15-14-7-5-3-2-4-6-7/h2-6,8-11,13-14,16-18H,1H3,(H,15,19)/t8-,9-,10+,11+,13-/m1/s1. The summed E-state index contributed by atoms with van der Waals surface area (Å²) in [6.45, 7) is 0. The molecular formula is C13H18N2O6. The average molecular weight is 298 g/mol. The number of ether oxygens (including phenoxy) is 2. The first-order valence-electron chi connectivity index (χ1n) is 6.38. The molecule has 21 heavy (non-hydrogen) atoms. The molecule has 0 bridgehead atoms. The van der Waals surface area contributed by atoms with Gasteiger partial charge in [-0.15, -0.1) is 0 Å². The number of benzene rings is 1. The van der Waals surface area contributed by atoms with Crippen molar-refractivity contribution in [2.24, 2.45) is 0 Å². The summed E-state index contributed by atoms with van der Waals surface area (Å²) in [5.41, 5.74) is 5.53. The third kappa shape index (κ3) is 3.49. The van der Waals surface area contributed by atoms with Crippen LogP contribution in [0.1, 0.15) is 0 Å². The molecule has 0 aliphatic carbocycles. The Kier molecular flexibility index (Phi) is 5.10. The van der Waals surface area contributed by atoms with Gasteiger partial charge in [0, 0.05) is 7.11 Å². The minimum absolute atomic E-state index is 0.626. The Bertz CT molecular complexity index is 471. The second kappa shape index (κ2) is 6.83. The van der Waals surface area contributed by atoms with Crippen molar-refractivity contribution < 1.29 is 29.6 Å². The highest BCUT2D eigenvalue weighted by Gasteiger charge is 2.48. The molecule has 8 nitrogen and oxygen atoms in total. The topological polar surface area (TPSA) is 120 Å². The minimum Gasteiger partial charge on any atom is -0.387 e. The Hall–Kier alpha value is -1.71. The monoisotopic (exact) mass is 298 g/mol. The largest absolute Gasteiger partial charge is 0.387 e. The lowest BCUT2D eigenvalue weighted by molar-refractivity contribution is -0.169. The van der Waals surface area contributed by atoms with Gasteiger partial charge in [-0.05, 0) is 12.1 Å². The zero-order valence-corrected chi connectivity index (χ0v) is 11.3. The first kappa shape index (κ1) is 15.7. The number of nitrogens with one attached hydrogen (secondary N) is 2. The van der Waals surface area contributed by atoms with Gasteiger partial charge in [-0.25, -0.2) is 0 Å². The number of para-hydroxylation sites is 1. The predicted octanol–water partition coefficient (Wildman–Crippen LogP) is -1.42. The minimum atomic E-state index is -1.66. The maximum absolute atomic E-state index is 11.8. The van der Waals surface area contributed by atoms with Crippen LogP contribution in [0, 0.1) is 0 Å². The van der Waals surface area contributed by atoms with Crippen LogP contribution in [0.3, 0.4) is 0 Å². The van der Waals surface area contributed by atoms with Crippen molar-refractivity contribution in [1.29, 1.82) is 0 Å². The summed E-state index contributed by atoms with van der Waals surface area (Å²) >= 11 is 0. The molecule has 0 saturated carbocycles. The number of hydrogen-bond acceptors (Lipinski definition) is 7. The van der Waals surface area contributed by atoms with Gasteiger partial charge in [-0.3, -0.25) is 15.6 Å². The van der Waals surface area contributed by atoms with Crippen molar-refractivity contribution in [3.05, 3.63) is 30.3 Å². The van der Waals surface area contributed by atoms with Crippen LogP contribution in [-0.4, -0.2) is 59.0 Å². The molecule has 8 heteroatoms. The molecule has 5 atom stereocenters. The van der Waals surface area contributed by atoms with E-state index in [4.69, 9.17) is 9.47 Å². The van der Waals surface area contributed by atoms with Crippen molar-refractivity contribution in [3.8, 4) is 0 Å². The fourth-order valence-electron chi connectivity index (χ4n) is 2.01. The molecule has 1 fully saturated rings. The number of anilines is 1. The van der Waals surface area contributed by atoms with E-state index in [0.717, 1.165) is 0 Å². The number of amides is 1. The number of hydrogen-bond donors (Lipinski definition) is 5. The Balaban J connectivity index is 1.90. The Morgan fingerprint density at radius 2 is 1.95 bits per heavy atom. The van der Waals surface area contributed by atoms with E-state index in [-0.39, 0.29) is 0 Å². The summed E-state index contributed by atoms with van der Waals surface area (Å²) in [6, 6.07) is 8.80.